The number of amides is 1. The fraction of sp³-hybridized carbons (Fsp3) is 0.873. The molecular weight excluding hydrogens is 816 g/mol. The van der Waals surface area contributed by atoms with Crippen molar-refractivity contribution >= 4 is 13.7 Å². The highest BCUT2D eigenvalue weighted by atomic mass is 31.2. The van der Waals surface area contributed by atoms with Crippen LogP contribution in [0.4, 0.5) is 0 Å². The first-order valence-corrected chi connectivity index (χ1v) is 28.9. The number of carbonyl (C=O) groups excluding carboxylic acids is 1. The van der Waals surface area contributed by atoms with Crippen LogP contribution in [-0.2, 0) is 18.4 Å². The number of hydrogen-bond donors (Lipinski definition) is 3. The smallest absolute Gasteiger partial charge is 0.387 e. The summed E-state index contributed by atoms with van der Waals surface area (Å²) < 4.78 is 23.6. The van der Waals surface area contributed by atoms with Crippen LogP contribution in [0.25, 0.3) is 0 Å². The zero-order valence-electron chi connectivity index (χ0n) is 43.0. The molecule has 3 N–H and O–H groups in total. The summed E-state index contributed by atoms with van der Waals surface area (Å²) in [6.45, 7) is 4.81. The van der Waals surface area contributed by atoms with Gasteiger partial charge in [0.05, 0.1) is 39.9 Å². The Morgan fingerprint density at radius 1 is 0.516 bits per heavy atom. The van der Waals surface area contributed by atoms with Gasteiger partial charge >= 0.3 is 7.82 Å². The molecule has 0 radical (unpaired) electrons. The largest absolute Gasteiger partial charge is 0.472 e. The third-order valence-electron chi connectivity index (χ3n) is 12.3. The Labute approximate surface area is 397 Å². The second-order valence-electron chi connectivity index (χ2n) is 19.9. The third kappa shape index (κ3) is 48.6. The molecular formula is C55H108N2O6P+. The summed E-state index contributed by atoms with van der Waals surface area (Å²) in [6.07, 6.45) is 59.6. The fourth-order valence-corrected chi connectivity index (χ4v) is 8.73. The SMILES string of the molecule is CCCCCCCCCC/C=C\CCCCCCCCCCCCCCCCCC(=O)NC(COP(=O)(O)OCC[N+](C)(C)C)C(O)/C=C/CC/C=C/CCCCCCCCCCC. The Kier molecular flexibility index (Phi) is 45.9. The lowest BCUT2D eigenvalue weighted by molar-refractivity contribution is -0.870. The minimum Gasteiger partial charge on any atom is -0.387 e. The van der Waals surface area contributed by atoms with Gasteiger partial charge in [0.25, 0.3) is 0 Å². The molecule has 0 saturated heterocycles. The summed E-state index contributed by atoms with van der Waals surface area (Å²) in [6, 6.07) is -0.861. The number of carbonyl (C=O) groups is 1. The van der Waals surface area contributed by atoms with E-state index in [1.807, 2.05) is 27.2 Å². The molecule has 8 nitrogen and oxygen atoms in total. The molecule has 0 aromatic heterocycles. The van der Waals surface area contributed by atoms with Crippen molar-refractivity contribution in [2.75, 3.05) is 40.9 Å². The zero-order valence-corrected chi connectivity index (χ0v) is 43.9. The van der Waals surface area contributed by atoms with Gasteiger partial charge in [-0.15, -0.1) is 0 Å². The Morgan fingerprint density at radius 2 is 0.859 bits per heavy atom. The van der Waals surface area contributed by atoms with Gasteiger partial charge in [-0.2, -0.15) is 0 Å². The van der Waals surface area contributed by atoms with E-state index in [0.29, 0.717) is 17.4 Å². The minimum absolute atomic E-state index is 0.0571. The molecule has 9 heteroatoms. The van der Waals surface area contributed by atoms with Crippen LogP contribution in [0.1, 0.15) is 258 Å². The number of nitrogens with one attached hydrogen (secondary N) is 1. The minimum atomic E-state index is -4.35. The molecule has 0 heterocycles. The molecule has 0 spiro atoms. The number of nitrogens with zero attached hydrogens (tertiary/aromatic N) is 1. The monoisotopic (exact) mass is 924 g/mol. The zero-order chi connectivity index (χ0) is 47.1. The number of likely N-dealkylation sites (N-methyl/N-ethyl adjacent to an activating group) is 1. The van der Waals surface area contributed by atoms with Crippen molar-refractivity contribution in [3.8, 4) is 0 Å². The van der Waals surface area contributed by atoms with Crippen LogP contribution in [0.2, 0.25) is 0 Å². The maximum absolute atomic E-state index is 12.9. The molecule has 0 aromatic rings. The Balaban J connectivity index is 4.17. The Hall–Kier alpha value is -1.28. The number of phosphoric ester groups is 1. The molecule has 3 atom stereocenters. The van der Waals surface area contributed by atoms with E-state index in [1.54, 1.807) is 6.08 Å². The normalized spacial score (nSPS) is 14.3. The van der Waals surface area contributed by atoms with Crippen LogP contribution in [-0.4, -0.2) is 73.4 Å². The molecule has 0 fully saturated rings. The van der Waals surface area contributed by atoms with Crippen LogP contribution in [0.5, 0.6) is 0 Å². The van der Waals surface area contributed by atoms with E-state index >= 15 is 0 Å². The van der Waals surface area contributed by atoms with Crippen molar-refractivity contribution in [2.45, 2.75) is 270 Å². The highest BCUT2D eigenvalue weighted by Crippen LogP contribution is 2.43. The van der Waals surface area contributed by atoms with Crippen LogP contribution in [0.3, 0.4) is 0 Å². The number of phosphoric acid groups is 1. The van der Waals surface area contributed by atoms with Crippen molar-refractivity contribution in [3.63, 3.8) is 0 Å². The van der Waals surface area contributed by atoms with Crippen LogP contribution in [0.15, 0.2) is 36.5 Å². The van der Waals surface area contributed by atoms with Gasteiger partial charge in [0.2, 0.25) is 5.91 Å². The summed E-state index contributed by atoms with van der Waals surface area (Å²) in [7, 11) is 1.56. The number of quaternary nitrogens is 1. The lowest BCUT2D eigenvalue weighted by atomic mass is 10.0. The van der Waals surface area contributed by atoms with E-state index in [-0.39, 0.29) is 19.1 Å². The summed E-state index contributed by atoms with van der Waals surface area (Å²) in [4.78, 5) is 23.2. The predicted molar refractivity (Wildman–Crippen MR) is 277 cm³/mol. The molecule has 1 amide bonds. The molecule has 0 saturated carbocycles. The van der Waals surface area contributed by atoms with Crippen LogP contribution in [0, 0.1) is 0 Å². The first-order valence-electron chi connectivity index (χ1n) is 27.4. The molecule has 0 aliphatic carbocycles. The highest BCUT2D eigenvalue weighted by Gasteiger charge is 2.27. The molecule has 0 bridgehead atoms. The molecule has 0 aliphatic heterocycles. The van der Waals surface area contributed by atoms with E-state index in [0.717, 1.165) is 38.5 Å². The fourth-order valence-electron chi connectivity index (χ4n) is 7.99. The highest BCUT2D eigenvalue weighted by molar-refractivity contribution is 7.47. The van der Waals surface area contributed by atoms with Gasteiger partial charge < -0.3 is 19.8 Å². The van der Waals surface area contributed by atoms with Crippen molar-refractivity contribution in [1.82, 2.24) is 5.32 Å². The van der Waals surface area contributed by atoms with Gasteiger partial charge in [0.1, 0.15) is 13.2 Å². The van der Waals surface area contributed by atoms with Crippen LogP contribution >= 0.6 is 7.82 Å². The van der Waals surface area contributed by atoms with E-state index in [4.69, 9.17) is 9.05 Å². The topological polar surface area (TPSA) is 105 Å². The molecule has 3 unspecified atom stereocenters. The van der Waals surface area contributed by atoms with Gasteiger partial charge in [-0.25, -0.2) is 4.57 Å². The van der Waals surface area contributed by atoms with Crippen LogP contribution < -0.4 is 5.32 Å². The molecule has 64 heavy (non-hydrogen) atoms. The van der Waals surface area contributed by atoms with Gasteiger partial charge in [-0.05, 0) is 57.8 Å². The lowest BCUT2D eigenvalue weighted by Gasteiger charge is -2.25. The standard InChI is InChI=1S/C55H107N2O6P/c1-6-8-10-12-14-16-18-20-22-23-24-25-26-27-28-29-30-31-32-33-35-37-39-41-43-45-47-49-55(59)56-53(52-63-64(60,61)62-51-50-57(3,4)5)54(58)48-46-44-42-40-38-36-34-21-19-17-15-13-11-9-7-2/h23-24,38,40,46,48,53-54,58H,6-22,25-37,39,41-45,47,49-52H2,1-5H3,(H-,56,59,60,61)/p+1/b24-23-,40-38+,48-46+. The number of allylic oxidation sites excluding steroid dienone is 5. The number of rotatable bonds is 50. The van der Waals surface area contributed by atoms with Crippen molar-refractivity contribution in [2.24, 2.45) is 0 Å². The average Bonchev–Trinajstić information content (AvgIpc) is 3.25. The summed E-state index contributed by atoms with van der Waals surface area (Å²) in [5.41, 5.74) is 0. The summed E-state index contributed by atoms with van der Waals surface area (Å²) >= 11 is 0. The summed E-state index contributed by atoms with van der Waals surface area (Å²) in [5.74, 6) is -0.184. The second kappa shape index (κ2) is 46.8. The number of aliphatic hydroxyl groups excluding tert-OH is 1. The first-order chi connectivity index (χ1) is 31.0. The van der Waals surface area contributed by atoms with Gasteiger partial charge in [0, 0.05) is 6.42 Å². The molecule has 0 aliphatic rings. The maximum atomic E-state index is 12.9. The predicted octanol–water partition coefficient (Wildman–Crippen LogP) is 16.2. The van der Waals surface area contributed by atoms with Crippen molar-refractivity contribution < 1.29 is 32.9 Å². The van der Waals surface area contributed by atoms with E-state index in [9.17, 15) is 19.4 Å². The number of unbranched alkanes of at least 4 members (excludes halogenated alkanes) is 33. The van der Waals surface area contributed by atoms with E-state index < -0.39 is 20.0 Å². The quantitative estimate of drug-likeness (QED) is 0.0243. The van der Waals surface area contributed by atoms with Gasteiger partial charge in [-0.1, -0.05) is 230 Å². The molecule has 0 rings (SSSR count). The molecule has 0 aromatic carbocycles. The van der Waals surface area contributed by atoms with E-state index in [1.165, 1.54) is 199 Å². The van der Waals surface area contributed by atoms with Crippen molar-refractivity contribution in [1.29, 1.82) is 0 Å². The lowest BCUT2D eigenvalue weighted by Crippen LogP contribution is -2.45. The van der Waals surface area contributed by atoms with Gasteiger partial charge in [-0.3, -0.25) is 13.8 Å². The molecule has 378 valence electrons. The maximum Gasteiger partial charge on any atom is 0.472 e. The van der Waals surface area contributed by atoms with E-state index in [2.05, 4.69) is 43.5 Å². The third-order valence-corrected chi connectivity index (χ3v) is 13.3. The average molecular weight is 924 g/mol. The summed E-state index contributed by atoms with van der Waals surface area (Å²) in [5, 5.41) is 13.9. The Bertz CT molecular complexity index is 1140. The second-order valence-corrected chi connectivity index (χ2v) is 21.4. The number of hydrogen-bond acceptors (Lipinski definition) is 5. The Morgan fingerprint density at radius 3 is 1.25 bits per heavy atom. The number of aliphatic hydroxyl groups is 1. The van der Waals surface area contributed by atoms with Crippen molar-refractivity contribution in [3.05, 3.63) is 36.5 Å². The van der Waals surface area contributed by atoms with Gasteiger partial charge in [0.15, 0.2) is 0 Å². The first kappa shape index (κ1) is 62.7.